The maximum Gasteiger partial charge on any atom is 0.243 e. The molecule has 0 atom stereocenters. The topological polar surface area (TPSA) is 114 Å². The van der Waals surface area contributed by atoms with Gasteiger partial charge >= 0.3 is 0 Å². The smallest absolute Gasteiger partial charge is 0.243 e. The molecule has 1 fully saturated rings. The van der Waals surface area contributed by atoms with Crippen molar-refractivity contribution in [3.8, 4) is 5.75 Å². The second-order valence-electron chi connectivity index (χ2n) is 7.83. The van der Waals surface area contributed by atoms with Crippen LogP contribution in [0.4, 0.5) is 21.8 Å². The van der Waals surface area contributed by atoms with Crippen LogP contribution in [0.5, 0.6) is 5.75 Å². The maximum absolute atomic E-state index is 13.2. The number of aromatic nitrogens is 2. The first-order valence-electron chi connectivity index (χ1n) is 10.9. The summed E-state index contributed by atoms with van der Waals surface area (Å²) >= 11 is 0. The van der Waals surface area contributed by atoms with Gasteiger partial charge in [0.1, 0.15) is 24.0 Å². The minimum atomic E-state index is -3.62. The second kappa shape index (κ2) is 10.3. The first-order valence-corrected chi connectivity index (χ1v) is 12.4. The highest BCUT2D eigenvalue weighted by Crippen LogP contribution is 2.23. The van der Waals surface area contributed by atoms with Crippen molar-refractivity contribution in [2.24, 2.45) is 5.73 Å². The minimum absolute atomic E-state index is 0.221. The third kappa shape index (κ3) is 5.61. The fourth-order valence-corrected chi connectivity index (χ4v) is 5.02. The van der Waals surface area contributed by atoms with Gasteiger partial charge in [0.05, 0.1) is 4.90 Å². The van der Waals surface area contributed by atoms with E-state index in [1.165, 1.54) is 16.4 Å². The highest BCUT2D eigenvalue weighted by atomic mass is 32.2. The molecule has 3 aromatic rings. The number of aryl methyl sites for hydroxylation is 1. The zero-order valence-electron chi connectivity index (χ0n) is 18.8. The molecule has 34 heavy (non-hydrogen) atoms. The van der Waals surface area contributed by atoms with Crippen molar-refractivity contribution < 1.29 is 17.5 Å². The summed E-state index contributed by atoms with van der Waals surface area (Å²) in [5.41, 5.74) is 6.90. The number of ether oxygens (including phenoxy) is 1. The van der Waals surface area contributed by atoms with Gasteiger partial charge < -0.3 is 20.7 Å². The minimum Gasteiger partial charge on any atom is -0.492 e. The fourth-order valence-electron chi connectivity index (χ4n) is 3.60. The van der Waals surface area contributed by atoms with Crippen LogP contribution in [0.3, 0.4) is 0 Å². The number of halogens is 1. The van der Waals surface area contributed by atoms with Crippen LogP contribution in [0, 0.1) is 12.7 Å². The summed E-state index contributed by atoms with van der Waals surface area (Å²) in [5, 5.41) is 3.16. The summed E-state index contributed by atoms with van der Waals surface area (Å²) in [4.78, 5) is 11.3. The molecule has 3 N–H and O–H groups in total. The lowest BCUT2D eigenvalue weighted by Crippen LogP contribution is -2.49. The average molecular weight is 487 g/mol. The van der Waals surface area contributed by atoms with Crippen LogP contribution < -0.4 is 20.7 Å². The van der Waals surface area contributed by atoms with Crippen LogP contribution in [0.15, 0.2) is 59.5 Å². The maximum atomic E-state index is 13.2. The summed E-state index contributed by atoms with van der Waals surface area (Å²) in [6.07, 6.45) is 0. The molecular weight excluding hydrogens is 459 g/mol. The molecule has 0 bridgehead atoms. The van der Waals surface area contributed by atoms with Gasteiger partial charge in [0.15, 0.2) is 0 Å². The molecule has 1 aliphatic heterocycles. The first-order chi connectivity index (χ1) is 16.3. The number of sulfonamides is 1. The van der Waals surface area contributed by atoms with Gasteiger partial charge in [-0.15, -0.1) is 0 Å². The molecule has 1 aromatic heterocycles. The molecule has 0 spiro atoms. The lowest BCUT2D eigenvalue weighted by molar-refractivity contribution is 0.328. The Labute approximate surface area is 198 Å². The fraction of sp³-hybridized carbons (Fsp3) is 0.304. The summed E-state index contributed by atoms with van der Waals surface area (Å²) in [6, 6.07) is 14.2. The molecule has 2 aromatic carbocycles. The molecule has 4 rings (SSSR count). The van der Waals surface area contributed by atoms with Gasteiger partial charge in [0.2, 0.25) is 16.0 Å². The quantitative estimate of drug-likeness (QED) is 0.499. The zero-order valence-corrected chi connectivity index (χ0v) is 19.6. The molecule has 9 nitrogen and oxygen atoms in total. The Kier molecular flexibility index (Phi) is 7.25. The van der Waals surface area contributed by atoms with Crippen molar-refractivity contribution in [3.05, 3.63) is 66.1 Å². The Balaban J connectivity index is 1.42. The van der Waals surface area contributed by atoms with Gasteiger partial charge in [-0.1, -0.05) is 0 Å². The van der Waals surface area contributed by atoms with Crippen molar-refractivity contribution in [3.63, 3.8) is 0 Å². The van der Waals surface area contributed by atoms with Crippen molar-refractivity contribution in [1.29, 1.82) is 0 Å². The largest absolute Gasteiger partial charge is 0.492 e. The van der Waals surface area contributed by atoms with E-state index in [9.17, 15) is 12.8 Å². The molecule has 0 amide bonds. The van der Waals surface area contributed by atoms with E-state index >= 15 is 0 Å². The molecule has 1 saturated heterocycles. The van der Waals surface area contributed by atoms with Crippen LogP contribution in [0.1, 0.15) is 5.69 Å². The number of rotatable bonds is 8. The van der Waals surface area contributed by atoms with Gasteiger partial charge in [-0.05, 0) is 55.5 Å². The van der Waals surface area contributed by atoms with E-state index in [-0.39, 0.29) is 10.7 Å². The van der Waals surface area contributed by atoms with Crippen LogP contribution in [-0.4, -0.2) is 62.0 Å². The number of hydrogen-bond donors (Lipinski definition) is 2. The van der Waals surface area contributed by atoms with E-state index in [2.05, 4.69) is 15.3 Å². The van der Waals surface area contributed by atoms with Crippen molar-refractivity contribution in [1.82, 2.24) is 14.3 Å². The Morgan fingerprint density at radius 2 is 1.71 bits per heavy atom. The van der Waals surface area contributed by atoms with Gasteiger partial charge in [-0.2, -0.15) is 9.29 Å². The molecule has 1 aliphatic rings. The lowest BCUT2D eigenvalue weighted by Gasteiger charge is -2.34. The van der Waals surface area contributed by atoms with Crippen molar-refractivity contribution in [2.75, 3.05) is 49.5 Å². The number of anilines is 3. The number of hydrogen-bond acceptors (Lipinski definition) is 8. The number of piperazine rings is 1. The third-order valence-corrected chi connectivity index (χ3v) is 7.24. The lowest BCUT2D eigenvalue weighted by atomic mass is 10.3. The summed E-state index contributed by atoms with van der Waals surface area (Å²) in [6.45, 7) is 4.15. The molecule has 0 saturated carbocycles. The standard InChI is InChI=1S/C23H27FN6O3S/c1-17-16-22(27-19-4-2-18(24)3-5-19)28-23(26-17)29-11-13-30(14-12-29)34(31,32)21-8-6-20(7-9-21)33-15-10-25/h2-9,16H,10-15,25H2,1H3,(H,26,27,28). The molecular formula is C23H27FN6O3S. The zero-order chi connectivity index (χ0) is 24.1. The Morgan fingerprint density at radius 1 is 1.03 bits per heavy atom. The molecule has 180 valence electrons. The number of nitrogens with zero attached hydrogens (tertiary/aromatic N) is 4. The molecule has 11 heteroatoms. The van der Waals surface area contributed by atoms with E-state index in [1.54, 1.807) is 42.5 Å². The molecule has 0 aliphatic carbocycles. The normalized spacial score (nSPS) is 14.7. The van der Waals surface area contributed by atoms with Gasteiger partial charge in [0, 0.05) is 50.2 Å². The average Bonchev–Trinajstić information content (AvgIpc) is 2.84. The Hall–Kier alpha value is -3.28. The van der Waals surface area contributed by atoms with E-state index in [4.69, 9.17) is 10.5 Å². The predicted octanol–water partition coefficient (Wildman–Crippen LogP) is 2.52. The van der Waals surface area contributed by atoms with Crippen molar-refractivity contribution in [2.45, 2.75) is 11.8 Å². The summed E-state index contributed by atoms with van der Waals surface area (Å²) in [7, 11) is -3.62. The monoisotopic (exact) mass is 486 g/mol. The van der Waals surface area contributed by atoms with Crippen molar-refractivity contribution >= 4 is 27.5 Å². The highest BCUT2D eigenvalue weighted by molar-refractivity contribution is 7.89. The van der Waals surface area contributed by atoms with Gasteiger partial charge in [-0.25, -0.2) is 17.8 Å². The van der Waals surface area contributed by atoms with E-state index in [0.717, 1.165) is 5.69 Å². The van der Waals surface area contributed by atoms with Gasteiger partial charge in [-0.3, -0.25) is 0 Å². The number of nitrogens with two attached hydrogens (primary N) is 1. The Morgan fingerprint density at radius 3 is 2.35 bits per heavy atom. The van der Waals surface area contributed by atoms with E-state index in [1.807, 2.05) is 11.8 Å². The first kappa shape index (κ1) is 23.9. The number of benzene rings is 2. The molecule has 0 unspecified atom stereocenters. The van der Waals surface area contributed by atoms with Crippen LogP contribution in [0.2, 0.25) is 0 Å². The Bertz CT molecular complexity index is 1210. The highest BCUT2D eigenvalue weighted by Gasteiger charge is 2.29. The van der Waals surface area contributed by atoms with E-state index in [0.29, 0.717) is 62.5 Å². The van der Waals surface area contributed by atoms with Crippen LogP contribution in [0.25, 0.3) is 0 Å². The second-order valence-corrected chi connectivity index (χ2v) is 9.76. The summed E-state index contributed by atoms with van der Waals surface area (Å²) in [5.74, 6) is 1.37. The van der Waals surface area contributed by atoms with Crippen LogP contribution in [-0.2, 0) is 10.0 Å². The van der Waals surface area contributed by atoms with Crippen LogP contribution >= 0.6 is 0 Å². The third-order valence-electron chi connectivity index (χ3n) is 5.33. The predicted molar refractivity (Wildman–Crippen MR) is 128 cm³/mol. The number of nitrogens with one attached hydrogen (secondary N) is 1. The van der Waals surface area contributed by atoms with Gasteiger partial charge in [0.25, 0.3) is 0 Å². The molecule has 0 radical (unpaired) electrons. The molecule has 2 heterocycles. The SMILES string of the molecule is Cc1cc(Nc2ccc(F)cc2)nc(N2CCN(S(=O)(=O)c3ccc(OCCN)cc3)CC2)n1. The summed E-state index contributed by atoms with van der Waals surface area (Å²) < 4.78 is 46.2. The van der Waals surface area contributed by atoms with E-state index < -0.39 is 10.0 Å².